The molecule has 0 radical (unpaired) electrons. The number of carboxylic acids is 1. The number of amides is 1. The lowest BCUT2D eigenvalue weighted by Crippen LogP contribution is -2.35. The summed E-state index contributed by atoms with van der Waals surface area (Å²) in [5.74, 6) is -1.09. The van der Waals surface area contributed by atoms with Crippen molar-refractivity contribution in [3.63, 3.8) is 0 Å². The highest BCUT2D eigenvalue weighted by Gasteiger charge is 2.04. The Morgan fingerprint density at radius 3 is 2.58 bits per heavy atom. The molecule has 0 bridgehead atoms. The Morgan fingerprint density at radius 1 is 1.26 bits per heavy atom. The van der Waals surface area contributed by atoms with Crippen LogP contribution in [-0.4, -0.2) is 35.2 Å². The van der Waals surface area contributed by atoms with Crippen molar-refractivity contribution >= 4 is 34.9 Å². The van der Waals surface area contributed by atoms with E-state index in [2.05, 4.69) is 16.0 Å². The highest BCUT2D eigenvalue weighted by molar-refractivity contribution is 7.80. The fourth-order valence-corrected chi connectivity index (χ4v) is 1.54. The van der Waals surface area contributed by atoms with Gasteiger partial charge in [-0.25, -0.2) is 4.79 Å². The largest absolute Gasteiger partial charge is 0.478 e. The standard InChI is InChI=1S/C12H15N3O3S/c1-8(16)13-5-6-14-12(19)15-10-4-2-3-9(7-10)11(17)18/h2-4,7H,5-6H2,1H3,(H,13,16)(H,17,18)(H2,14,15,19). The van der Waals surface area contributed by atoms with Gasteiger partial charge in [0.2, 0.25) is 5.91 Å². The molecule has 4 N–H and O–H groups in total. The van der Waals surface area contributed by atoms with Crippen LogP contribution in [0.15, 0.2) is 24.3 Å². The third-order valence-electron chi connectivity index (χ3n) is 2.15. The van der Waals surface area contributed by atoms with E-state index in [0.717, 1.165) is 0 Å². The minimum atomic E-state index is -0.992. The number of benzene rings is 1. The van der Waals surface area contributed by atoms with E-state index in [4.69, 9.17) is 17.3 Å². The average molecular weight is 281 g/mol. The zero-order valence-corrected chi connectivity index (χ0v) is 11.2. The normalized spacial score (nSPS) is 9.53. The number of anilines is 1. The van der Waals surface area contributed by atoms with Crippen molar-refractivity contribution in [3.8, 4) is 0 Å². The molecule has 1 amide bonds. The van der Waals surface area contributed by atoms with Crippen LogP contribution in [0.25, 0.3) is 0 Å². The van der Waals surface area contributed by atoms with Gasteiger partial charge in [-0.1, -0.05) is 6.07 Å². The number of hydrogen-bond donors (Lipinski definition) is 4. The summed E-state index contributed by atoms with van der Waals surface area (Å²) in [4.78, 5) is 21.4. The molecule has 19 heavy (non-hydrogen) atoms. The van der Waals surface area contributed by atoms with E-state index in [1.807, 2.05) is 0 Å². The molecular weight excluding hydrogens is 266 g/mol. The summed E-state index contributed by atoms with van der Waals surface area (Å²) in [6.07, 6.45) is 0. The first-order valence-corrected chi connectivity index (χ1v) is 6.02. The second-order valence-corrected chi connectivity index (χ2v) is 4.16. The van der Waals surface area contributed by atoms with Gasteiger partial charge in [0.15, 0.2) is 5.11 Å². The van der Waals surface area contributed by atoms with Crippen molar-refractivity contribution in [2.75, 3.05) is 18.4 Å². The van der Waals surface area contributed by atoms with E-state index in [-0.39, 0.29) is 11.5 Å². The van der Waals surface area contributed by atoms with Crippen LogP contribution in [0.4, 0.5) is 5.69 Å². The van der Waals surface area contributed by atoms with E-state index < -0.39 is 5.97 Å². The van der Waals surface area contributed by atoms with E-state index in [1.165, 1.54) is 19.1 Å². The number of thiocarbonyl (C=S) groups is 1. The third-order valence-corrected chi connectivity index (χ3v) is 2.40. The molecule has 0 aliphatic heterocycles. The monoisotopic (exact) mass is 281 g/mol. The number of rotatable bonds is 5. The molecule has 0 saturated carbocycles. The first-order valence-electron chi connectivity index (χ1n) is 5.61. The summed E-state index contributed by atoms with van der Waals surface area (Å²) in [6, 6.07) is 6.34. The molecule has 7 heteroatoms. The first kappa shape index (κ1) is 14.9. The van der Waals surface area contributed by atoms with Gasteiger partial charge in [0.25, 0.3) is 0 Å². The predicted molar refractivity (Wildman–Crippen MR) is 76.3 cm³/mol. The Morgan fingerprint density at radius 2 is 1.95 bits per heavy atom. The second kappa shape index (κ2) is 7.32. The second-order valence-electron chi connectivity index (χ2n) is 3.75. The Labute approximate surface area is 116 Å². The average Bonchev–Trinajstić information content (AvgIpc) is 2.34. The summed E-state index contributed by atoms with van der Waals surface area (Å²) >= 11 is 5.04. The summed E-state index contributed by atoms with van der Waals surface area (Å²) < 4.78 is 0. The molecule has 0 saturated heterocycles. The van der Waals surface area contributed by atoms with Crippen LogP contribution >= 0.6 is 12.2 Å². The molecule has 1 rings (SSSR count). The van der Waals surface area contributed by atoms with Crippen molar-refractivity contribution < 1.29 is 14.7 Å². The highest BCUT2D eigenvalue weighted by Crippen LogP contribution is 2.10. The molecular formula is C12H15N3O3S. The van der Waals surface area contributed by atoms with Crippen molar-refractivity contribution in [2.45, 2.75) is 6.92 Å². The number of hydrogen-bond acceptors (Lipinski definition) is 3. The van der Waals surface area contributed by atoms with Gasteiger partial charge < -0.3 is 21.1 Å². The van der Waals surface area contributed by atoms with Crippen LogP contribution in [-0.2, 0) is 4.79 Å². The van der Waals surface area contributed by atoms with Gasteiger partial charge in [0, 0.05) is 25.7 Å². The zero-order valence-electron chi connectivity index (χ0n) is 10.4. The van der Waals surface area contributed by atoms with Gasteiger partial charge >= 0.3 is 5.97 Å². The van der Waals surface area contributed by atoms with E-state index in [9.17, 15) is 9.59 Å². The minimum Gasteiger partial charge on any atom is -0.478 e. The van der Waals surface area contributed by atoms with Gasteiger partial charge in [-0.05, 0) is 30.4 Å². The van der Waals surface area contributed by atoms with Crippen LogP contribution in [0.1, 0.15) is 17.3 Å². The van der Waals surface area contributed by atoms with E-state index in [0.29, 0.717) is 23.9 Å². The Kier molecular flexibility index (Phi) is 5.74. The molecule has 0 heterocycles. The van der Waals surface area contributed by atoms with Crippen LogP contribution in [0.3, 0.4) is 0 Å². The lowest BCUT2D eigenvalue weighted by atomic mass is 10.2. The van der Waals surface area contributed by atoms with Crippen LogP contribution in [0.5, 0.6) is 0 Å². The van der Waals surface area contributed by atoms with Crippen molar-refractivity contribution in [1.82, 2.24) is 10.6 Å². The number of carbonyl (C=O) groups is 2. The fraction of sp³-hybridized carbons (Fsp3) is 0.250. The lowest BCUT2D eigenvalue weighted by Gasteiger charge is -2.11. The van der Waals surface area contributed by atoms with Gasteiger partial charge in [-0.3, -0.25) is 4.79 Å². The van der Waals surface area contributed by atoms with Crippen LogP contribution in [0.2, 0.25) is 0 Å². The third kappa shape index (κ3) is 5.82. The maximum Gasteiger partial charge on any atom is 0.335 e. The SMILES string of the molecule is CC(=O)NCCNC(=S)Nc1cccc(C(=O)O)c1. The van der Waals surface area contributed by atoms with Crippen molar-refractivity contribution in [1.29, 1.82) is 0 Å². The summed E-state index contributed by atoms with van der Waals surface area (Å²) in [6.45, 7) is 2.39. The summed E-state index contributed by atoms with van der Waals surface area (Å²) in [5.41, 5.74) is 0.781. The maximum absolute atomic E-state index is 10.8. The topological polar surface area (TPSA) is 90.5 Å². The van der Waals surface area contributed by atoms with Gasteiger partial charge in [0.05, 0.1) is 5.56 Å². The minimum absolute atomic E-state index is 0.102. The molecule has 0 spiro atoms. The molecule has 0 fully saturated rings. The molecule has 1 aromatic rings. The molecule has 0 aliphatic carbocycles. The Balaban J connectivity index is 2.42. The Hall–Kier alpha value is -2.15. The molecule has 0 aromatic heterocycles. The molecule has 0 aliphatic rings. The van der Waals surface area contributed by atoms with Crippen LogP contribution < -0.4 is 16.0 Å². The lowest BCUT2D eigenvalue weighted by molar-refractivity contribution is -0.118. The van der Waals surface area contributed by atoms with Gasteiger partial charge in [-0.2, -0.15) is 0 Å². The van der Waals surface area contributed by atoms with Gasteiger partial charge in [-0.15, -0.1) is 0 Å². The Bertz CT molecular complexity index is 491. The molecule has 6 nitrogen and oxygen atoms in total. The highest BCUT2D eigenvalue weighted by atomic mass is 32.1. The quantitative estimate of drug-likeness (QED) is 0.471. The van der Waals surface area contributed by atoms with Crippen molar-refractivity contribution in [3.05, 3.63) is 29.8 Å². The summed E-state index contributed by atoms with van der Waals surface area (Å²) in [7, 11) is 0. The van der Waals surface area contributed by atoms with Gasteiger partial charge in [0.1, 0.15) is 0 Å². The van der Waals surface area contributed by atoms with E-state index in [1.54, 1.807) is 12.1 Å². The number of aromatic carboxylic acids is 1. The van der Waals surface area contributed by atoms with Crippen LogP contribution in [0, 0.1) is 0 Å². The smallest absolute Gasteiger partial charge is 0.335 e. The molecule has 102 valence electrons. The number of carboxylic acid groups (broad SMARTS) is 1. The molecule has 0 atom stereocenters. The van der Waals surface area contributed by atoms with E-state index >= 15 is 0 Å². The zero-order chi connectivity index (χ0) is 14.3. The fourth-order valence-electron chi connectivity index (χ4n) is 1.32. The number of carbonyl (C=O) groups excluding carboxylic acids is 1. The molecule has 1 aromatic carbocycles. The molecule has 0 unspecified atom stereocenters. The summed E-state index contributed by atoms with van der Waals surface area (Å²) in [5, 5.41) is 17.6. The first-order chi connectivity index (χ1) is 8.99. The predicted octanol–water partition coefficient (Wildman–Crippen LogP) is 0.807. The van der Waals surface area contributed by atoms with Crippen molar-refractivity contribution in [2.24, 2.45) is 0 Å². The number of nitrogens with one attached hydrogen (secondary N) is 3. The maximum atomic E-state index is 10.8.